The first-order chi connectivity index (χ1) is 8.61. The minimum Gasteiger partial charge on any atom is -0.481 e. The van der Waals surface area contributed by atoms with E-state index in [1.54, 1.807) is 0 Å². The maximum atomic E-state index is 11.7. The minimum atomic E-state index is -0.667. The molecule has 0 bridgehead atoms. The maximum absolute atomic E-state index is 11.7. The molecule has 0 spiro atoms. The number of rotatable bonds is 3. The molecule has 0 radical (unpaired) electrons. The second kappa shape index (κ2) is 4.07. The van der Waals surface area contributed by atoms with Crippen LogP contribution in [0.4, 0.5) is 0 Å². The molecule has 0 atom stereocenters. The van der Waals surface area contributed by atoms with Gasteiger partial charge >= 0.3 is 5.97 Å². The van der Waals surface area contributed by atoms with Crippen molar-refractivity contribution in [2.75, 3.05) is 13.2 Å². The third kappa shape index (κ3) is 1.42. The lowest BCUT2D eigenvalue weighted by Gasteiger charge is -2.57. The Labute approximate surface area is 114 Å². The van der Waals surface area contributed by atoms with Crippen molar-refractivity contribution < 1.29 is 14.6 Å². The molecule has 18 heavy (non-hydrogen) atoms. The lowest BCUT2D eigenvalue weighted by molar-refractivity contribution is -0.192. The van der Waals surface area contributed by atoms with Crippen LogP contribution < -0.4 is 0 Å². The van der Waals surface area contributed by atoms with Crippen LogP contribution in [0.25, 0.3) is 0 Å². The average Bonchev–Trinajstić information content (AvgIpc) is 2.21. The van der Waals surface area contributed by atoms with Gasteiger partial charge in [0.25, 0.3) is 0 Å². The number of ether oxygens (including phenoxy) is 1. The highest BCUT2D eigenvalue weighted by atomic mass is 79.9. The van der Waals surface area contributed by atoms with Gasteiger partial charge in [-0.2, -0.15) is 0 Å². The first-order valence-electron chi connectivity index (χ1n) is 6.18. The van der Waals surface area contributed by atoms with Gasteiger partial charge in [0.2, 0.25) is 0 Å². The van der Waals surface area contributed by atoms with Gasteiger partial charge < -0.3 is 9.84 Å². The number of hydrogen-bond donors (Lipinski definition) is 1. The van der Waals surface area contributed by atoms with E-state index in [1.165, 1.54) is 0 Å². The number of carboxylic acid groups (broad SMARTS) is 1. The summed E-state index contributed by atoms with van der Waals surface area (Å²) >= 11 is 3.41. The number of halogens is 1. The van der Waals surface area contributed by atoms with Crippen LogP contribution in [-0.4, -0.2) is 24.3 Å². The summed E-state index contributed by atoms with van der Waals surface area (Å²) in [6.45, 7) is 1.06. The lowest BCUT2D eigenvalue weighted by Crippen LogP contribution is -2.64. The predicted octanol–water partition coefficient (Wildman–Crippen LogP) is 2.97. The van der Waals surface area contributed by atoms with Crippen molar-refractivity contribution in [2.45, 2.75) is 24.7 Å². The molecular formula is C14H15BrO3. The second-order valence-corrected chi connectivity index (χ2v) is 6.24. The summed E-state index contributed by atoms with van der Waals surface area (Å²) in [5.74, 6) is -0.667. The number of aliphatic carboxylic acids is 1. The Balaban J connectivity index is 2.04. The zero-order chi connectivity index (χ0) is 12.8. The number of carboxylic acids is 1. The van der Waals surface area contributed by atoms with E-state index in [4.69, 9.17) is 4.74 Å². The van der Waals surface area contributed by atoms with Crippen LogP contribution in [-0.2, 0) is 14.9 Å². The van der Waals surface area contributed by atoms with Crippen LogP contribution in [0.2, 0.25) is 0 Å². The molecule has 2 fully saturated rings. The third-order valence-corrected chi connectivity index (χ3v) is 5.15. The van der Waals surface area contributed by atoms with Crippen LogP contribution >= 0.6 is 15.9 Å². The quantitative estimate of drug-likeness (QED) is 0.933. The van der Waals surface area contributed by atoms with E-state index in [9.17, 15) is 9.90 Å². The molecule has 3 rings (SSSR count). The van der Waals surface area contributed by atoms with Crippen molar-refractivity contribution in [3.63, 3.8) is 0 Å². The number of hydrogen-bond acceptors (Lipinski definition) is 2. The van der Waals surface area contributed by atoms with Crippen LogP contribution in [0.5, 0.6) is 0 Å². The van der Waals surface area contributed by atoms with Gasteiger partial charge in [0, 0.05) is 4.47 Å². The molecule has 1 saturated carbocycles. The predicted molar refractivity (Wildman–Crippen MR) is 70.6 cm³/mol. The molecule has 3 nitrogen and oxygen atoms in total. The summed E-state index contributed by atoms with van der Waals surface area (Å²) in [4.78, 5) is 11.7. The van der Waals surface area contributed by atoms with E-state index < -0.39 is 11.4 Å². The van der Waals surface area contributed by atoms with Gasteiger partial charge in [-0.3, -0.25) is 4.79 Å². The Morgan fingerprint density at radius 2 is 1.83 bits per heavy atom. The summed E-state index contributed by atoms with van der Waals surface area (Å²) < 4.78 is 6.39. The fourth-order valence-corrected chi connectivity index (χ4v) is 3.49. The van der Waals surface area contributed by atoms with E-state index in [2.05, 4.69) is 15.9 Å². The van der Waals surface area contributed by atoms with Gasteiger partial charge in [-0.1, -0.05) is 34.5 Å². The molecule has 1 N–H and O–H groups in total. The van der Waals surface area contributed by atoms with Crippen molar-refractivity contribution in [3.8, 4) is 0 Å². The largest absolute Gasteiger partial charge is 0.481 e. The van der Waals surface area contributed by atoms with E-state index in [1.807, 2.05) is 24.3 Å². The average molecular weight is 311 g/mol. The number of benzene rings is 1. The molecule has 4 heteroatoms. The normalized spacial score (nSPS) is 23.8. The molecule has 1 aliphatic carbocycles. The van der Waals surface area contributed by atoms with E-state index in [-0.39, 0.29) is 5.41 Å². The van der Waals surface area contributed by atoms with Gasteiger partial charge in [-0.25, -0.2) is 0 Å². The zero-order valence-corrected chi connectivity index (χ0v) is 11.6. The van der Waals surface area contributed by atoms with E-state index >= 15 is 0 Å². The summed E-state index contributed by atoms with van der Waals surface area (Å²) in [5.41, 5.74) is 0.163. The molecule has 0 aromatic heterocycles. The summed E-state index contributed by atoms with van der Waals surface area (Å²) in [5, 5.41) is 9.64. The Kier molecular flexibility index (Phi) is 2.75. The summed E-state index contributed by atoms with van der Waals surface area (Å²) in [6, 6.07) is 8.00. The molecule has 1 aliphatic heterocycles. The standard InChI is InChI=1S/C14H15BrO3/c15-11-4-2-10(3-5-11)14(8-18-9-14)13(12(16)17)6-1-7-13/h2-5H,1,6-9H2,(H,16,17). The Morgan fingerprint density at radius 3 is 2.17 bits per heavy atom. The Hall–Kier alpha value is -0.870. The molecule has 96 valence electrons. The summed E-state index contributed by atoms with van der Waals surface area (Å²) in [6.07, 6.45) is 2.54. The monoisotopic (exact) mass is 310 g/mol. The highest BCUT2D eigenvalue weighted by Gasteiger charge is 2.64. The minimum absolute atomic E-state index is 0.322. The van der Waals surface area contributed by atoms with Gasteiger partial charge in [0.1, 0.15) is 0 Å². The van der Waals surface area contributed by atoms with E-state index in [0.29, 0.717) is 13.2 Å². The molecule has 1 aromatic carbocycles. The second-order valence-electron chi connectivity index (χ2n) is 5.32. The van der Waals surface area contributed by atoms with Gasteiger partial charge in [0.15, 0.2) is 0 Å². The van der Waals surface area contributed by atoms with Gasteiger partial charge in [-0.05, 0) is 30.5 Å². The zero-order valence-electron chi connectivity index (χ0n) is 9.99. The molecule has 1 aromatic rings. The molecule has 1 heterocycles. The fraction of sp³-hybridized carbons (Fsp3) is 0.500. The first kappa shape index (κ1) is 12.2. The van der Waals surface area contributed by atoms with Gasteiger partial charge in [0.05, 0.1) is 24.0 Å². The molecule has 2 aliphatic rings. The molecule has 0 unspecified atom stereocenters. The number of carbonyl (C=O) groups is 1. The SMILES string of the molecule is O=C(O)C1(C2(c3ccc(Br)cc3)COC2)CCC1. The smallest absolute Gasteiger partial charge is 0.310 e. The van der Waals surface area contributed by atoms with Crippen LogP contribution in [0.1, 0.15) is 24.8 Å². The Morgan fingerprint density at radius 1 is 1.22 bits per heavy atom. The van der Waals surface area contributed by atoms with Crippen molar-refractivity contribution in [1.29, 1.82) is 0 Å². The van der Waals surface area contributed by atoms with Crippen molar-refractivity contribution >= 4 is 21.9 Å². The molecular weight excluding hydrogens is 296 g/mol. The summed E-state index contributed by atoms with van der Waals surface area (Å²) in [7, 11) is 0. The fourth-order valence-electron chi connectivity index (χ4n) is 3.22. The molecule has 0 amide bonds. The van der Waals surface area contributed by atoms with Crippen molar-refractivity contribution in [3.05, 3.63) is 34.3 Å². The van der Waals surface area contributed by atoms with Crippen LogP contribution in [0, 0.1) is 5.41 Å². The first-order valence-corrected chi connectivity index (χ1v) is 6.97. The topological polar surface area (TPSA) is 46.5 Å². The van der Waals surface area contributed by atoms with Crippen LogP contribution in [0.15, 0.2) is 28.7 Å². The highest BCUT2D eigenvalue weighted by molar-refractivity contribution is 9.10. The van der Waals surface area contributed by atoms with Crippen LogP contribution in [0.3, 0.4) is 0 Å². The Bertz CT molecular complexity index is 472. The maximum Gasteiger partial charge on any atom is 0.310 e. The molecule has 1 saturated heterocycles. The highest BCUT2D eigenvalue weighted by Crippen LogP contribution is 2.58. The van der Waals surface area contributed by atoms with E-state index in [0.717, 1.165) is 29.3 Å². The third-order valence-electron chi connectivity index (χ3n) is 4.63. The van der Waals surface area contributed by atoms with Gasteiger partial charge in [-0.15, -0.1) is 0 Å². The van der Waals surface area contributed by atoms with Crippen molar-refractivity contribution in [1.82, 2.24) is 0 Å². The lowest BCUT2D eigenvalue weighted by atomic mass is 9.50. The van der Waals surface area contributed by atoms with Crippen molar-refractivity contribution in [2.24, 2.45) is 5.41 Å².